The molecular weight excluding hydrogens is 577 g/mol. The minimum absolute atomic E-state index is 1.03. The van der Waals surface area contributed by atoms with Crippen molar-refractivity contribution in [2.75, 3.05) is 0 Å². The fourth-order valence-corrected chi connectivity index (χ4v) is 7.86. The molecule has 0 atom stereocenters. The minimum atomic E-state index is 1.03. The first-order valence-electron chi connectivity index (χ1n) is 23.1. The molecule has 0 nitrogen and oxygen atoms in total. The Morgan fingerprint density at radius 1 is 0.271 bits per heavy atom. The van der Waals surface area contributed by atoms with Crippen LogP contribution in [0.25, 0.3) is 0 Å². The number of unbranched alkanes of at least 4 members (excludes halogenated alkanes) is 36. The van der Waals surface area contributed by atoms with Gasteiger partial charge in [0.2, 0.25) is 0 Å². The summed E-state index contributed by atoms with van der Waals surface area (Å²) < 4.78 is 0. The van der Waals surface area contributed by atoms with Gasteiger partial charge in [0.05, 0.1) is 0 Å². The summed E-state index contributed by atoms with van der Waals surface area (Å²) in [5.74, 6) is 1.03. The van der Waals surface area contributed by atoms with Crippen molar-refractivity contribution >= 4 is 0 Å². The van der Waals surface area contributed by atoms with Crippen molar-refractivity contribution in [1.82, 2.24) is 0 Å². The third-order valence-electron chi connectivity index (χ3n) is 11.3. The SMILES string of the molecule is C=CCCCCCCCCCCCCCCCCCCC(CCCCCCC)CCCCCCCCCCCCCCCCCCC=C. The third-order valence-corrected chi connectivity index (χ3v) is 11.3. The van der Waals surface area contributed by atoms with Gasteiger partial charge in [-0.05, 0) is 31.6 Å². The van der Waals surface area contributed by atoms with Crippen LogP contribution in [0.2, 0.25) is 0 Å². The lowest BCUT2D eigenvalue weighted by Gasteiger charge is -2.17. The normalized spacial score (nSPS) is 11.5. The van der Waals surface area contributed by atoms with Crippen molar-refractivity contribution in [2.45, 2.75) is 277 Å². The summed E-state index contributed by atoms with van der Waals surface area (Å²) in [5.41, 5.74) is 0. The number of allylic oxidation sites excluding steroid dienone is 2. The van der Waals surface area contributed by atoms with Crippen LogP contribution in [0.3, 0.4) is 0 Å². The minimum Gasteiger partial charge on any atom is -0.103 e. The molecule has 0 aromatic carbocycles. The maximum Gasteiger partial charge on any atom is -0.0353 e. The zero-order valence-electron chi connectivity index (χ0n) is 33.8. The van der Waals surface area contributed by atoms with Crippen LogP contribution >= 0.6 is 0 Å². The van der Waals surface area contributed by atoms with E-state index in [-0.39, 0.29) is 0 Å². The van der Waals surface area contributed by atoms with Crippen molar-refractivity contribution in [3.05, 3.63) is 25.3 Å². The van der Waals surface area contributed by atoms with E-state index >= 15 is 0 Å². The zero-order chi connectivity index (χ0) is 34.7. The summed E-state index contributed by atoms with van der Waals surface area (Å²) >= 11 is 0. The second-order valence-electron chi connectivity index (χ2n) is 16.1. The highest BCUT2D eigenvalue weighted by atomic mass is 14.1. The van der Waals surface area contributed by atoms with Crippen LogP contribution in [0.15, 0.2) is 25.3 Å². The molecule has 0 aromatic rings. The van der Waals surface area contributed by atoms with Gasteiger partial charge in [-0.15, -0.1) is 13.2 Å². The first kappa shape index (κ1) is 47.5. The van der Waals surface area contributed by atoms with E-state index in [0.717, 1.165) is 5.92 Å². The van der Waals surface area contributed by atoms with E-state index in [1.54, 1.807) is 0 Å². The lowest BCUT2D eigenvalue weighted by molar-refractivity contribution is 0.365. The molecule has 0 unspecified atom stereocenters. The van der Waals surface area contributed by atoms with Crippen molar-refractivity contribution in [3.63, 3.8) is 0 Å². The first-order valence-corrected chi connectivity index (χ1v) is 23.1. The number of hydrogen-bond acceptors (Lipinski definition) is 0. The maximum atomic E-state index is 3.82. The average molecular weight is 671 g/mol. The molecule has 0 fully saturated rings. The molecule has 0 aromatic heterocycles. The molecular formula is C48H94. The van der Waals surface area contributed by atoms with Crippen molar-refractivity contribution in [1.29, 1.82) is 0 Å². The molecule has 0 aliphatic rings. The Hall–Kier alpha value is -0.520. The monoisotopic (exact) mass is 671 g/mol. The Kier molecular flexibility index (Phi) is 44.0. The van der Waals surface area contributed by atoms with E-state index in [2.05, 4.69) is 32.2 Å². The highest BCUT2D eigenvalue weighted by molar-refractivity contribution is 4.66. The summed E-state index contributed by atoms with van der Waals surface area (Å²) in [4.78, 5) is 0. The Morgan fingerprint density at radius 2 is 0.458 bits per heavy atom. The molecule has 0 heterocycles. The summed E-state index contributed by atoms with van der Waals surface area (Å²) in [6, 6.07) is 0. The van der Waals surface area contributed by atoms with E-state index in [1.165, 1.54) is 270 Å². The van der Waals surface area contributed by atoms with Gasteiger partial charge in [-0.1, -0.05) is 263 Å². The van der Waals surface area contributed by atoms with Crippen LogP contribution in [-0.2, 0) is 0 Å². The quantitative estimate of drug-likeness (QED) is 0.0447. The largest absolute Gasteiger partial charge is 0.103 e. The van der Waals surface area contributed by atoms with E-state index in [1.807, 2.05) is 0 Å². The van der Waals surface area contributed by atoms with Gasteiger partial charge in [0.1, 0.15) is 0 Å². The van der Waals surface area contributed by atoms with Crippen LogP contribution in [0, 0.1) is 5.92 Å². The highest BCUT2D eigenvalue weighted by Crippen LogP contribution is 2.25. The van der Waals surface area contributed by atoms with E-state index in [4.69, 9.17) is 0 Å². The first-order chi connectivity index (χ1) is 23.8. The lowest BCUT2D eigenvalue weighted by Crippen LogP contribution is -2.01. The van der Waals surface area contributed by atoms with Crippen LogP contribution < -0.4 is 0 Å². The molecule has 0 radical (unpaired) electrons. The summed E-state index contributed by atoms with van der Waals surface area (Å²) in [5, 5.41) is 0. The highest BCUT2D eigenvalue weighted by Gasteiger charge is 2.09. The predicted octanol–water partition coefficient (Wildman–Crippen LogP) is 18.4. The fraction of sp³-hybridized carbons (Fsp3) is 0.917. The van der Waals surface area contributed by atoms with Gasteiger partial charge in [0.25, 0.3) is 0 Å². The van der Waals surface area contributed by atoms with Crippen molar-refractivity contribution < 1.29 is 0 Å². The van der Waals surface area contributed by atoms with Gasteiger partial charge < -0.3 is 0 Å². The Balaban J connectivity index is 3.64. The summed E-state index contributed by atoms with van der Waals surface area (Å²) in [6.07, 6.45) is 65.3. The van der Waals surface area contributed by atoms with Crippen molar-refractivity contribution in [2.24, 2.45) is 5.92 Å². The van der Waals surface area contributed by atoms with Crippen LogP contribution in [0.1, 0.15) is 277 Å². The van der Waals surface area contributed by atoms with Gasteiger partial charge in [0, 0.05) is 0 Å². The molecule has 0 heteroatoms. The predicted molar refractivity (Wildman–Crippen MR) is 223 cm³/mol. The van der Waals surface area contributed by atoms with Crippen LogP contribution in [-0.4, -0.2) is 0 Å². The van der Waals surface area contributed by atoms with Crippen molar-refractivity contribution in [3.8, 4) is 0 Å². The lowest BCUT2D eigenvalue weighted by atomic mass is 9.89. The third kappa shape index (κ3) is 41.7. The van der Waals surface area contributed by atoms with Gasteiger partial charge in [-0.25, -0.2) is 0 Å². The summed E-state index contributed by atoms with van der Waals surface area (Å²) in [6.45, 7) is 9.99. The zero-order valence-corrected chi connectivity index (χ0v) is 33.8. The van der Waals surface area contributed by atoms with Crippen LogP contribution in [0.5, 0.6) is 0 Å². The van der Waals surface area contributed by atoms with Gasteiger partial charge >= 0.3 is 0 Å². The molecule has 0 rings (SSSR count). The Labute approximate surface area is 307 Å². The van der Waals surface area contributed by atoms with E-state index in [9.17, 15) is 0 Å². The molecule has 0 saturated carbocycles. The molecule has 0 N–H and O–H groups in total. The average Bonchev–Trinajstić information content (AvgIpc) is 3.10. The maximum absolute atomic E-state index is 3.82. The Bertz CT molecular complexity index is 531. The standard InChI is InChI=1S/C48H94/c1-4-7-10-13-15-17-19-21-23-25-27-29-31-33-35-37-40-43-46-48(45-42-39-12-9-6-3)47-44-41-38-36-34-32-30-28-26-24-22-20-18-16-14-11-8-5-2/h4-5,48H,1-2,6-47H2,3H3. The number of rotatable bonds is 44. The summed E-state index contributed by atoms with van der Waals surface area (Å²) in [7, 11) is 0. The molecule has 48 heavy (non-hydrogen) atoms. The fourth-order valence-electron chi connectivity index (χ4n) is 7.86. The van der Waals surface area contributed by atoms with Crippen LogP contribution in [0.4, 0.5) is 0 Å². The second kappa shape index (κ2) is 44.5. The topological polar surface area (TPSA) is 0 Å². The van der Waals surface area contributed by atoms with Gasteiger partial charge in [0.15, 0.2) is 0 Å². The van der Waals surface area contributed by atoms with E-state index in [0.29, 0.717) is 0 Å². The molecule has 0 aliphatic heterocycles. The molecule has 0 bridgehead atoms. The van der Waals surface area contributed by atoms with Gasteiger partial charge in [-0.3, -0.25) is 0 Å². The molecule has 0 aliphatic carbocycles. The molecule has 0 amide bonds. The smallest absolute Gasteiger partial charge is 0.0353 e. The Morgan fingerprint density at radius 3 is 0.667 bits per heavy atom. The second-order valence-corrected chi connectivity index (χ2v) is 16.1. The number of hydrogen-bond donors (Lipinski definition) is 0. The molecule has 0 spiro atoms. The molecule has 286 valence electrons. The van der Waals surface area contributed by atoms with E-state index < -0.39 is 0 Å². The van der Waals surface area contributed by atoms with Gasteiger partial charge in [-0.2, -0.15) is 0 Å². The molecule has 0 saturated heterocycles.